The topological polar surface area (TPSA) is 88.2 Å². The number of likely N-dealkylation sites (tertiary alicyclic amines) is 1. The molecule has 1 saturated carbocycles. The molecule has 1 aliphatic carbocycles. The first-order chi connectivity index (χ1) is 15.2. The van der Waals surface area contributed by atoms with Gasteiger partial charge in [0.1, 0.15) is 5.82 Å². The van der Waals surface area contributed by atoms with Gasteiger partial charge in [0.05, 0.1) is 19.2 Å². The molecule has 2 fully saturated rings. The molecule has 1 saturated heterocycles. The molecule has 0 bridgehead atoms. The van der Waals surface area contributed by atoms with Crippen LogP contribution in [0.3, 0.4) is 0 Å². The van der Waals surface area contributed by atoms with Gasteiger partial charge in [0.25, 0.3) is 0 Å². The summed E-state index contributed by atoms with van der Waals surface area (Å²) in [6, 6.07) is 5.77. The van der Waals surface area contributed by atoms with Gasteiger partial charge in [0, 0.05) is 35.7 Å². The summed E-state index contributed by atoms with van der Waals surface area (Å²) in [5, 5.41) is 11.7. The van der Waals surface area contributed by atoms with E-state index in [1.807, 2.05) is 18.2 Å². The molecule has 31 heavy (non-hydrogen) atoms. The normalized spacial score (nSPS) is 16.7. The molecule has 3 heterocycles. The van der Waals surface area contributed by atoms with Crippen molar-refractivity contribution in [2.45, 2.75) is 38.0 Å². The molecule has 0 atom stereocenters. The number of hydrogen-bond donors (Lipinski definition) is 2. The van der Waals surface area contributed by atoms with Gasteiger partial charge in [-0.2, -0.15) is 10.1 Å². The van der Waals surface area contributed by atoms with Crippen molar-refractivity contribution in [3.63, 3.8) is 0 Å². The van der Waals surface area contributed by atoms with E-state index in [0.29, 0.717) is 41.2 Å². The predicted octanol–water partition coefficient (Wildman–Crippen LogP) is 4.50. The summed E-state index contributed by atoms with van der Waals surface area (Å²) in [6.07, 6.45) is 6.00. The zero-order valence-electron chi connectivity index (χ0n) is 17.7. The van der Waals surface area contributed by atoms with E-state index in [9.17, 15) is 0 Å². The van der Waals surface area contributed by atoms with E-state index in [1.54, 1.807) is 7.11 Å². The zero-order chi connectivity index (χ0) is 21.2. The second-order valence-electron chi connectivity index (χ2n) is 8.22. The fourth-order valence-electron chi connectivity index (χ4n) is 4.08. The molecule has 5 rings (SSSR count). The summed E-state index contributed by atoms with van der Waals surface area (Å²) in [5.74, 6) is 3.19. The Morgan fingerprint density at radius 3 is 2.77 bits per heavy atom. The van der Waals surface area contributed by atoms with Gasteiger partial charge in [-0.15, -0.1) is 0 Å². The van der Waals surface area contributed by atoms with E-state index in [4.69, 9.17) is 21.1 Å². The van der Waals surface area contributed by atoms with Gasteiger partial charge in [0.15, 0.2) is 17.3 Å². The van der Waals surface area contributed by atoms with E-state index in [0.717, 1.165) is 24.0 Å². The standard InChI is InChI=1S/C22H27ClN6O2/c1-30-18-11-15-17(12-19(18)31-10-4-9-29-7-2-3-8-29)24-22(23)26-21(15)25-20-13-16(27-28-20)14-5-6-14/h11-14H,2-10H2,1H3,(H2,24,25,26,27,28). The van der Waals surface area contributed by atoms with Crippen LogP contribution in [0.5, 0.6) is 11.5 Å². The van der Waals surface area contributed by atoms with Crippen LogP contribution in [0.1, 0.15) is 43.7 Å². The third-order valence-electron chi connectivity index (χ3n) is 5.89. The molecule has 0 radical (unpaired) electrons. The van der Waals surface area contributed by atoms with Crippen molar-refractivity contribution in [3.8, 4) is 11.5 Å². The van der Waals surface area contributed by atoms with Crippen molar-refractivity contribution in [2.24, 2.45) is 0 Å². The summed E-state index contributed by atoms with van der Waals surface area (Å²) in [7, 11) is 1.64. The third-order valence-corrected chi connectivity index (χ3v) is 6.06. The molecule has 1 aliphatic heterocycles. The molecule has 2 N–H and O–H groups in total. The van der Waals surface area contributed by atoms with Gasteiger partial charge in [0.2, 0.25) is 5.28 Å². The molecule has 0 unspecified atom stereocenters. The quantitative estimate of drug-likeness (QED) is 0.372. The number of fused-ring (bicyclic) bond motifs is 1. The second-order valence-corrected chi connectivity index (χ2v) is 8.56. The van der Waals surface area contributed by atoms with Gasteiger partial charge in [-0.05, 0) is 62.9 Å². The Bertz CT molecular complexity index is 1060. The number of methoxy groups -OCH3 is 1. The van der Waals surface area contributed by atoms with E-state index in [2.05, 4.69) is 30.4 Å². The summed E-state index contributed by atoms with van der Waals surface area (Å²) in [4.78, 5) is 11.3. The highest BCUT2D eigenvalue weighted by molar-refractivity contribution is 6.28. The predicted molar refractivity (Wildman–Crippen MR) is 121 cm³/mol. The Kier molecular flexibility index (Phi) is 5.82. The lowest BCUT2D eigenvalue weighted by atomic mass is 10.2. The number of anilines is 2. The van der Waals surface area contributed by atoms with Gasteiger partial charge in [-0.3, -0.25) is 5.10 Å². The van der Waals surface area contributed by atoms with Crippen LogP contribution in [0.15, 0.2) is 18.2 Å². The molecule has 0 amide bonds. The van der Waals surface area contributed by atoms with Gasteiger partial charge in [-0.1, -0.05) is 0 Å². The van der Waals surface area contributed by atoms with Crippen LogP contribution in [0.25, 0.3) is 10.9 Å². The molecule has 9 heteroatoms. The van der Waals surface area contributed by atoms with Crippen LogP contribution in [0, 0.1) is 0 Å². The average molecular weight is 443 g/mol. The van der Waals surface area contributed by atoms with Crippen LogP contribution in [-0.4, -0.2) is 58.4 Å². The number of ether oxygens (including phenoxy) is 2. The summed E-state index contributed by atoms with van der Waals surface area (Å²) in [5.41, 5.74) is 1.84. The maximum absolute atomic E-state index is 6.21. The molecular weight excluding hydrogens is 416 g/mol. The number of H-pyrrole nitrogens is 1. The molecule has 3 aromatic rings. The van der Waals surface area contributed by atoms with Crippen LogP contribution >= 0.6 is 11.6 Å². The Balaban J connectivity index is 1.34. The van der Waals surface area contributed by atoms with Crippen molar-refractivity contribution < 1.29 is 9.47 Å². The Labute approximate surface area is 186 Å². The number of nitrogens with one attached hydrogen (secondary N) is 2. The zero-order valence-corrected chi connectivity index (χ0v) is 18.4. The largest absolute Gasteiger partial charge is 0.493 e. The molecule has 1 aromatic carbocycles. The lowest BCUT2D eigenvalue weighted by Crippen LogP contribution is -2.21. The Hall–Kier alpha value is -2.58. The van der Waals surface area contributed by atoms with Crippen LogP contribution in [0.4, 0.5) is 11.6 Å². The van der Waals surface area contributed by atoms with Gasteiger partial charge in [-0.25, -0.2) is 4.98 Å². The van der Waals surface area contributed by atoms with Crippen molar-refractivity contribution >= 4 is 34.1 Å². The number of hydrogen-bond acceptors (Lipinski definition) is 7. The minimum atomic E-state index is 0.165. The van der Waals surface area contributed by atoms with E-state index >= 15 is 0 Å². The third kappa shape index (κ3) is 4.70. The lowest BCUT2D eigenvalue weighted by molar-refractivity contribution is 0.254. The first-order valence-electron chi connectivity index (χ1n) is 10.9. The highest BCUT2D eigenvalue weighted by Gasteiger charge is 2.25. The van der Waals surface area contributed by atoms with Gasteiger partial charge >= 0.3 is 0 Å². The van der Waals surface area contributed by atoms with E-state index < -0.39 is 0 Å². The first-order valence-corrected chi connectivity index (χ1v) is 11.3. The lowest BCUT2D eigenvalue weighted by Gasteiger charge is -2.16. The van der Waals surface area contributed by atoms with Crippen molar-refractivity contribution in [3.05, 3.63) is 29.2 Å². The average Bonchev–Trinajstić information content (AvgIpc) is 3.28. The number of aromatic nitrogens is 4. The smallest absolute Gasteiger partial charge is 0.224 e. The van der Waals surface area contributed by atoms with Crippen molar-refractivity contribution in [2.75, 3.05) is 38.7 Å². The molecule has 2 aliphatic rings. The highest BCUT2D eigenvalue weighted by Crippen LogP contribution is 2.40. The van der Waals surface area contributed by atoms with E-state index in [-0.39, 0.29) is 5.28 Å². The number of halogens is 1. The Morgan fingerprint density at radius 1 is 1.16 bits per heavy atom. The molecule has 2 aromatic heterocycles. The molecular formula is C22H27ClN6O2. The highest BCUT2D eigenvalue weighted by atomic mass is 35.5. The van der Waals surface area contributed by atoms with Crippen molar-refractivity contribution in [1.29, 1.82) is 0 Å². The fraction of sp³-hybridized carbons (Fsp3) is 0.500. The molecule has 164 valence electrons. The summed E-state index contributed by atoms with van der Waals surface area (Å²) in [6.45, 7) is 4.08. The number of rotatable bonds is 9. The van der Waals surface area contributed by atoms with Crippen LogP contribution in [0.2, 0.25) is 5.28 Å². The molecule has 0 spiro atoms. The minimum absolute atomic E-state index is 0.165. The fourth-order valence-corrected chi connectivity index (χ4v) is 4.25. The number of benzene rings is 1. The molecule has 8 nitrogen and oxygen atoms in total. The number of nitrogens with zero attached hydrogens (tertiary/aromatic N) is 4. The first kappa shape index (κ1) is 20.3. The summed E-state index contributed by atoms with van der Waals surface area (Å²) >= 11 is 6.21. The second kappa shape index (κ2) is 8.88. The van der Waals surface area contributed by atoms with Crippen molar-refractivity contribution in [1.82, 2.24) is 25.1 Å². The maximum Gasteiger partial charge on any atom is 0.224 e. The monoisotopic (exact) mass is 442 g/mol. The number of aromatic amines is 1. The Morgan fingerprint density at radius 2 is 2.00 bits per heavy atom. The van der Waals surface area contributed by atoms with Crippen LogP contribution in [-0.2, 0) is 0 Å². The SMILES string of the molecule is COc1cc2c(Nc3cc(C4CC4)[nH]n3)nc(Cl)nc2cc1OCCCN1CCCC1. The summed E-state index contributed by atoms with van der Waals surface area (Å²) < 4.78 is 11.6. The van der Waals surface area contributed by atoms with Gasteiger partial charge < -0.3 is 19.7 Å². The van der Waals surface area contributed by atoms with E-state index in [1.165, 1.54) is 38.8 Å². The minimum Gasteiger partial charge on any atom is -0.493 e. The van der Waals surface area contributed by atoms with Crippen LogP contribution < -0.4 is 14.8 Å². The maximum atomic E-state index is 6.21.